The van der Waals surface area contributed by atoms with Crippen molar-refractivity contribution < 1.29 is 18.0 Å². The lowest BCUT2D eigenvalue weighted by atomic mass is 9.98. The van der Waals surface area contributed by atoms with Crippen molar-refractivity contribution in [2.24, 2.45) is 0 Å². The highest BCUT2D eigenvalue weighted by Gasteiger charge is 2.22. The quantitative estimate of drug-likeness (QED) is 0.589. The lowest BCUT2D eigenvalue weighted by Gasteiger charge is -2.08. The van der Waals surface area contributed by atoms with Crippen LogP contribution in [0.2, 0.25) is 0 Å². The van der Waals surface area contributed by atoms with E-state index in [-0.39, 0.29) is 10.0 Å². The van der Waals surface area contributed by atoms with Crippen LogP contribution < -0.4 is 0 Å². The Morgan fingerprint density at radius 1 is 1.11 bits per heavy atom. The van der Waals surface area contributed by atoms with E-state index in [0.29, 0.717) is 5.56 Å². The van der Waals surface area contributed by atoms with Gasteiger partial charge in [0.05, 0.1) is 10.0 Å². The summed E-state index contributed by atoms with van der Waals surface area (Å²) in [5.41, 5.74) is -0.259. The molecule has 0 spiro atoms. The van der Waals surface area contributed by atoms with E-state index in [1.165, 1.54) is 19.1 Å². The Morgan fingerprint density at radius 3 is 2.42 bits per heavy atom. The fraction of sp³-hybridized carbons (Fsp3) is 0.0714. The second-order valence-electron chi connectivity index (χ2n) is 4.01. The molecule has 0 bridgehead atoms. The summed E-state index contributed by atoms with van der Waals surface area (Å²) in [5, 5.41) is 0. The third-order valence-electron chi connectivity index (χ3n) is 2.70. The average Bonchev–Trinajstić information content (AvgIpc) is 2.34. The van der Waals surface area contributed by atoms with Gasteiger partial charge in [0.1, 0.15) is 11.6 Å². The molecule has 2 aromatic carbocycles. The number of rotatable bonds is 2. The monoisotopic (exact) mass is 328 g/mol. The molecule has 0 radical (unpaired) electrons. The molecule has 0 aliphatic carbocycles. The Balaban J connectivity index is 2.59. The van der Waals surface area contributed by atoms with Gasteiger partial charge in [-0.1, -0.05) is 0 Å². The van der Waals surface area contributed by atoms with Gasteiger partial charge in [0.2, 0.25) is 0 Å². The van der Waals surface area contributed by atoms with Crippen LogP contribution in [0.5, 0.6) is 0 Å². The van der Waals surface area contributed by atoms with Crippen LogP contribution >= 0.6 is 15.9 Å². The molecule has 0 atom stereocenters. The highest BCUT2D eigenvalue weighted by Crippen LogP contribution is 2.25. The summed E-state index contributed by atoms with van der Waals surface area (Å²) in [4.78, 5) is 12.1. The Hall–Kier alpha value is -1.62. The van der Waals surface area contributed by atoms with Crippen LogP contribution in [0.25, 0.3) is 0 Å². The van der Waals surface area contributed by atoms with Crippen LogP contribution in [0.4, 0.5) is 13.2 Å². The first-order chi connectivity index (χ1) is 8.91. The molecule has 2 rings (SSSR count). The predicted octanol–water partition coefficient (Wildman–Crippen LogP) is 4.41. The molecule has 1 nitrogen and oxygen atoms in total. The van der Waals surface area contributed by atoms with Gasteiger partial charge in [0.25, 0.3) is 0 Å². The van der Waals surface area contributed by atoms with Crippen LogP contribution in [-0.2, 0) is 0 Å². The van der Waals surface area contributed by atoms with Crippen LogP contribution in [-0.4, -0.2) is 5.78 Å². The lowest BCUT2D eigenvalue weighted by Crippen LogP contribution is -2.09. The summed E-state index contributed by atoms with van der Waals surface area (Å²) in [6.07, 6.45) is 0. The van der Waals surface area contributed by atoms with Crippen molar-refractivity contribution in [2.75, 3.05) is 0 Å². The normalized spacial score (nSPS) is 10.6. The lowest BCUT2D eigenvalue weighted by molar-refractivity contribution is 0.103. The standard InChI is InChI=1S/C14H8BrF3O/c1-7-6-8(16)2-3-9(7)14(19)12-11(17)5-4-10(15)13(12)18/h2-6H,1H3. The molecule has 0 saturated carbocycles. The highest BCUT2D eigenvalue weighted by atomic mass is 79.9. The van der Waals surface area contributed by atoms with E-state index in [0.717, 1.165) is 18.2 Å². The molecule has 0 aromatic heterocycles. The highest BCUT2D eigenvalue weighted by molar-refractivity contribution is 9.10. The number of halogens is 4. The maximum Gasteiger partial charge on any atom is 0.199 e. The molecule has 5 heteroatoms. The first-order valence-corrected chi connectivity index (χ1v) is 6.15. The third-order valence-corrected chi connectivity index (χ3v) is 3.32. The first kappa shape index (κ1) is 13.8. The van der Waals surface area contributed by atoms with Gasteiger partial charge >= 0.3 is 0 Å². The van der Waals surface area contributed by atoms with Crippen molar-refractivity contribution in [3.63, 3.8) is 0 Å². The summed E-state index contributed by atoms with van der Waals surface area (Å²) in [6, 6.07) is 5.61. The summed E-state index contributed by atoms with van der Waals surface area (Å²) in [5.74, 6) is -3.24. The molecule has 98 valence electrons. The van der Waals surface area contributed by atoms with Crippen molar-refractivity contribution in [3.05, 3.63) is 68.9 Å². The third kappa shape index (κ3) is 2.56. The SMILES string of the molecule is Cc1cc(F)ccc1C(=O)c1c(F)ccc(Br)c1F. The van der Waals surface area contributed by atoms with E-state index in [9.17, 15) is 18.0 Å². The molecule has 0 aliphatic heterocycles. The minimum Gasteiger partial charge on any atom is -0.288 e. The molecule has 0 N–H and O–H groups in total. The largest absolute Gasteiger partial charge is 0.288 e. The Kier molecular flexibility index (Phi) is 3.75. The minimum atomic E-state index is -0.964. The molecule has 0 amide bonds. The summed E-state index contributed by atoms with van der Waals surface area (Å²) >= 11 is 2.90. The topological polar surface area (TPSA) is 17.1 Å². The second kappa shape index (κ2) is 5.17. The number of aryl methyl sites for hydroxylation is 1. The maximum absolute atomic E-state index is 13.8. The number of hydrogen-bond donors (Lipinski definition) is 0. The van der Waals surface area contributed by atoms with Gasteiger partial charge in [0, 0.05) is 5.56 Å². The van der Waals surface area contributed by atoms with Gasteiger partial charge in [-0.3, -0.25) is 4.79 Å². The second-order valence-corrected chi connectivity index (χ2v) is 4.86. The van der Waals surface area contributed by atoms with Gasteiger partial charge in [-0.2, -0.15) is 0 Å². The molecule has 0 unspecified atom stereocenters. The maximum atomic E-state index is 13.8. The number of ketones is 1. The fourth-order valence-corrected chi connectivity index (χ4v) is 2.08. The zero-order valence-corrected chi connectivity index (χ0v) is 11.4. The number of carbonyl (C=O) groups excluding carboxylic acids is 1. The van der Waals surface area contributed by atoms with Crippen molar-refractivity contribution >= 4 is 21.7 Å². The van der Waals surface area contributed by atoms with Gasteiger partial charge in [-0.05, 0) is 58.7 Å². The van der Waals surface area contributed by atoms with Crippen LogP contribution in [0.1, 0.15) is 21.5 Å². The number of carbonyl (C=O) groups is 1. The van der Waals surface area contributed by atoms with E-state index < -0.39 is 28.8 Å². The van der Waals surface area contributed by atoms with E-state index >= 15 is 0 Å². The van der Waals surface area contributed by atoms with Gasteiger partial charge in [-0.25, -0.2) is 13.2 Å². The molecular formula is C14H8BrF3O. The van der Waals surface area contributed by atoms with Gasteiger partial charge in [-0.15, -0.1) is 0 Å². The zero-order chi connectivity index (χ0) is 14.2. The van der Waals surface area contributed by atoms with Crippen molar-refractivity contribution in [1.82, 2.24) is 0 Å². The van der Waals surface area contributed by atoms with Gasteiger partial charge in [0.15, 0.2) is 11.6 Å². The first-order valence-electron chi connectivity index (χ1n) is 5.36. The molecule has 0 saturated heterocycles. The van der Waals surface area contributed by atoms with E-state index in [1.54, 1.807) is 0 Å². The molecule has 19 heavy (non-hydrogen) atoms. The Labute approximate surface area is 116 Å². The summed E-state index contributed by atoms with van der Waals surface area (Å²) in [6.45, 7) is 1.50. The minimum absolute atomic E-state index is 0.00276. The van der Waals surface area contributed by atoms with Crippen LogP contribution in [0.3, 0.4) is 0 Å². The number of benzene rings is 2. The molecule has 0 fully saturated rings. The number of hydrogen-bond acceptors (Lipinski definition) is 1. The summed E-state index contributed by atoms with van der Waals surface area (Å²) in [7, 11) is 0. The van der Waals surface area contributed by atoms with Crippen molar-refractivity contribution in [2.45, 2.75) is 6.92 Å². The zero-order valence-electron chi connectivity index (χ0n) is 9.81. The predicted molar refractivity (Wildman–Crippen MR) is 68.6 cm³/mol. The average molecular weight is 329 g/mol. The van der Waals surface area contributed by atoms with Gasteiger partial charge < -0.3 is 0 Å². The summed E-state index contributed by atoms with van der Waals surface area (Å²) < 4.78 is 40.4. The van der Waals surface area contributed by atoms with Crippen molar-refractivity contribution in [3.8, 4) is 0 Å². The molecular weight excluding hydrogens is 321 g/mol. The molecule has 0 heterocycles. The molecule has 2 aromatic rings. The Morgan fingerprint density at radius 2 is 1.79 bits per heavy atom. The smallest absolute Gasteiger partial charge is 0.199 e. The molecule has 0 aliphatic rings. The van der Waals surface area contributed by atoms with Crippen molar-refractivity contribution in [1.29, 1.82) is 0 Å². The van der Waals surface area contributed by atoms with E-state index in [4.69, 9.17) is 0 Å². The Bertz CT molecular complexity index is 668. The van der Waals surface area contributed by atoms with Crippen LogP contribution in [0, 0.1) is 24.4 Å². The van der Waals surface area contributed by atoms with Crippen LogP contribution in [0.15, 0.2) is 34.8 Å². The van der Waals surface area contributed by atoms with E-state index in [2.05, 4.69) is 15.9 Å². The fourth-order valence-electron chi connectivity index (χ4n) is 1.75. The van der Waals surface area contributed by atoms with E-state index in [1.807, 2.05) is 0 Å².